The standard InChI is InChI=1S/C19H23BrN4OS/c1-13-7-14(2)10-24(9-13)17-8-19(22-12-21-17)26-11-18(25)23-16-5-3-15(20)4-6-16/h3-6,8,12-14H,7,9-11H2,1-2H3,(H,23,25)/t13-,14-/m0/s1. The maximum absolute atomic E-state index is 12.1. The highest BCUT2D eigenvalue weighted by atomic mass is 79.9. The van der Waals surface area contributed by atoms with Crippen molar-refractivity contribution >= 4 is 45.1 Å². The van der Waals surface area contributed by atoms with Crippen LogP contribution in [0.25, 0.3) is 0 Å². The fourth-order valence-corrected chi connectivity index (χ4v) is 4.23. The van der Waals surface area contributed by atoms with Gasteiger partial charge in [0.25, 0.3) is 0 Å². The number of aromatic nitrogens is 2. The Morgan fingerprint density at radius 1 is 1.23 bits per heavy atom. The van der Waals surface area contributed by atoms with Crippen LogP contribution >= 0.6 is 27.7 Å². The van der Waals surface area contributed by atoms with E-state index >= 15 is 0 Å². The fraction of sp³-hybridized carbons (Fsp3) is 0.421. The van der Waals surface area contributed by atoms with Crippen LogP contribution in [-0.2, 0) is 4.79 Å². The summed E-state index contributed by atoms with van der Waals surface area (Å²) in [6, 6.07) is 9.53. The minimum atomic E-state index is -0.0438. The first-order valence-electron chi connectivity index (χ1n) is 8.75. The molecule has 0 bridgehead atoms. The Balaban J connectivity index is 1.56. The molecule has 0 spiro atoms. The number of piperidine rings is 1. The second kappa shape index (κ2) is 8.86. The number of nitrogens with zero attached hydrogens (tertiary/aromatic N) is 3. The molecule has 7 heteroatoms. The lowest BCUT2D eigenvalue weighted by Gasteiger charge is -2.35. The molecule has 1 aromatic carbocycles. The average molecular weight is 435 g/mol. The zero-order chi connectivity index (χ0) is 18.5. The molecule has 0 aliphatic carbocycles. The molecule has 2 heterocycles. The van der Waals surface area contributed by atoms with Crippen molar-refractivity contribution in [1.82, 2.24) is 9.97 Å². The molecule has 0 unspecified atom stereocenters. The number of amides is 1. The third-order valence-corrected chi connectivity index (χ3v) is 5.75. The first-order chi connectivity index (χ1) is 12.5. The van der Waals surface area contributed by atoms with Crippen molar-refractivity contribution in [1.29, 1.82) is 0 Å². The summed E-state index contributed by atoms with van der Waals surface area (Å²) >= 11 is 4.82. The van der Waals surface area contributed by atoms with E-state index in [1.807, 2.05) is 30.3 Å². The highest BCUT2D eigenvalue weighted by Crippen LogP contribution is 2.27. The number of rotatable bonds is 5. The van der Waals surface area contributed by atoms with E-state index in [9.17, 15) is 4.79 Å². The van der Waals surface area contributed by atoms with E-state index in [1.165, 1.54) is 18.2 Å². The molecular formula is C19H23BrN4OS. The smallest absolute Gasteiger partial charge is 0.234 e. The molecule has 26 heavy (non-hydrogen) atoms. The summed E-state index contributed by atoms with van der Waals surface area (Å²) in [4.78, 5) is 23.2. The van der Waals surface area contributed by atoms with Gasteiger partial charge in [0, 0.05) is 29.3 Å². The second-order valence-electron chi connectivity index (χ2n) is 6.91. The maximum atomic E-state index is 12.1. The number of carbonyl (C=O) groups excluding carboxylic acids is 1. The van der Waals surface area contributed by atoms with Gasteiger partial charge in [0.1, 0.15) is 17.2 Å². The quantitative estimate of drug-likeness (QED) is 0.556. The summed E-state index contributed by atoms with van der Waals surface area (Å²) in [6.45, 7) is 6.61. The van der Waals surface area contributed by atoms with E-state index in [0.29, 0.717) is 17.6 Å². The van der Waals surface area contributed by atoms with Crippen molar-refractivity contribution in [3.8, 4) is 0 Å². The van der Waals surface area contributed by atoms with Crippen LogP contribution < -0.4 is 10.2 Å². The predicted molar refractivity (Wildman–Crippen MR) is 111 cm³/mol. The Bertz CT molecular complexity index is 745. The first kappa shape index (κ1) is 19.2. The largest absolute Gasteiger partial charge is 0.356 e. The Morgan fingerprint density at radius 3 is 2.62 bits per heavy atom. The second-order valence-corrected chi connectivity index (χ2v) is 8.82. The number of carbonyl (C=O) groups is 1. The summed E-state index contributed by atoms with van der Waals surface area (Å²) in [7, 11) is 0. The maximum Gasteiger partial charge on any atom is 0.234 e. The zero-order valence-corrected chi connectivity index (χ0v) is 17.4. The predicted octanol–water partition coefficient (Wildman–Crippen LogP) is 4.45. The van der Waals surface area contributed by atoms with Crippen LogP contribution in [0.4, 0.5) is 11.5 Å². The number of nitrogens with one attached hydrogen (secondary N) is 1. The Morgan fingerprint density at radius 2 is 1.92 bits per heavy atom. The normalized spacial score (nSPS) is 20.0. The molecule has 138 valence electrons. The van der Waals surface area contributed by atoms with Crippen molar-refractivity contribution in [2.75, 3.05) is 29.1 Å². The average Bonchev–Trinajstić information content (AvgIpc) is 2.61. The van der Waals surface area contributed by atoms with Crippen molar-refractivity contribution < 1.29 is 4.79 Å². The number of hydrogen-bond acceptors (Lipinski definition) is 5. The van der Waals surface area contributed by atoms with Crippen molar-refractivity contribution in [3.05, 3.63) is 41.1 Å². The van der Waals surface area contributed by atoms with E-state index in [4.69, 9.17) is 0 Å². The van der Waals surface area contributed by atoms with Gasteiger partial charge in [-0.25, -0.2) is 9.97 Å². The van der Waals surface area contributed by atoms with Gasteiger partial charge in [-0.15, -0.1) is 0 Å². The van der Waals surface area contributed by atoms with Crippen molar-refractivity contribution in [3.63, 3.8) is 0 Å². The fourth-order valence-electron chi connectivity index (χ4n) is 3.30. The summed E-state index contributed by atoms with van der Waals surface area (Å²) in [5.41, 5.74) is 0.790. The molecule has 1 N–H and O–H groups in total. The lowest BCUT2D eigenvalue weighted by atomic mass is 9.92. The van der Waals surface area contributed by atoms with Gasteiger partial charge >= 0.3 is 0 Å². The first-order valence-corrected chi connectivity index (χ1v) is 10.5. The summed E-state index contributed by atoms with van der Waals surface area (Å²) < 4.78 is 0.986. The van der Waals surface area contributed by atoms with Crippen LogP contribution in [0.2, 0.25) is 0 Å². The van der Waals surface area contributed by atoms with Crippen molar-refractivity contribution in [2.24, 2.45) is 11.8 Å². The lowest BCUT2D eigenvalue weighted by molar-refractivity contribution is -0.113. The number of hydrogen-bond donors (Lipinski definition) is 1. The molecule has 1 aliphatic heterocycles. The van der Waals surface area contributed by atoms with Crippen LogP contribution in [0.15, 0.2) is 46.2 Å². The van der Waals surface area contributed by atoms with Gasteiger partial charge in [-0.1, -0.05) is 41.5 Å². The van der Waals surface area contributed by atoms with Crippen LogP contribution in [-0.4, -0.2) is 34.7 Å². The molecule has 3 rings (SSSR count). The topological polar surface area (TPSA) is 58.1 Å². The SMILES string of the molecule is C[C@H]1C[C@H](C)CN(c2cc(SCC(=O)Nc3ccc(Br)cc3)ncn2)C1. The van der Waals surface area contributed by atoms with Gasteiger partial charge in [-0.2, -0.15) is 0 Å². The van der Waals surface area contributed by atoms with E-state index < -0.39 is 0 Å². The number of thioether (sulfide) groups is 1. The van der Waals surface area contributed by atoms with Crippen molar-refractivity contribution in [2.45, 2.75) is 25.3 Å². The van der Waals surface area contributed by atoms with Gasteiger partial charge in [0.05, 0.1) is 5.75 Å². The van der Waals surface area contributed by atoms with Crippen LogP contribution in [0.1, 0.15) is 20.3 Å². The van der Waals surface area contributed by atoms with E-state index in [2.05, 4.69) is 50.0 Å². The van der Waals surface area contributed by atoms with Crippen LogP contribution in [0.3, 0.4) is 0 Å². The molecule has 1 saturated heterocycles. The van der Waals surface area contributed by atoms with Crippen LogP contribution in [0, 0.1) is 11.8 Å². The molecule has 2 atom stereocenters. The van der Waals surface area contributed by atoms with Gasteiger partial charge in [0.15, 0.2) is 0 Å². The summed E-state index contributed by atoms with van der Waals surface area (Å²) in [5, 5.41) is 3.72. The molecule has 0 radical (unpaired) electrons. The lowest BCUT2D eigenvalue weighted by Crippen LogP contribution is -2.39. The van der Waals surface area contributed by atoms with E-state index in [1.54, 1.807) is 6.33 Å². The molecule has 2 aromatic rings. The minimum Gasteiger partial charge on any atom is -0.356 e. The zero-order valence-electron chi connectivity index (χ0n) is 15.0. The highest BCUT2D eigenvalue weighted by molar-refractivity contribution is 9.10. The van der Waals surface area contributed by atoms with E-state index in [-0.39, 0.29) is 5.91 Å². The summed E-state index contributed by atoms with van der Waals surface area (Å²) in [5.74, 6) is 2.56. The third kappa shape index (κ3) is 5.45. The molecule has 1 amide bonds. The van der Waals surface area contributed by atoms with Gasteiger partial charge < -0.3 is 10.2 Å². The Labute approximate surface area is 167 Å². The Kier molecular flexibility index (Phi) is 6.53. The molecule has 1 fully saturated rings. The number of benzene rings is 1. The van der Waals surface area contributed by atoms with Gasteiger partial charge in [-0.3, -0.25) is 4.79 Å². The molecule has 1 aliphatic rings. The van der Waals surface area contributed by atoms with Gasteiger partial charge in [-0.05, 0) is 42.5 Å². The van der Waals surface area contributed by atoms with Gasteiger partial charge in [0.2, 0.25) is 5.91 Å². The highest BCUT2D eigenvalue weighted by Gasteiger charge is 2.23. The number of anilines is 2. The van der Waals surface area contributed by atoms with Crippen LogP contribution in [0.5, 0.6) is 0 Å². The molecular weight excluding hydrogens is 412 g/mol. The molecule has 0 saturated carbocycles. The summed E-state index contributed by atoms with van der Waals surface area (Å²) in [6.07, 6.45) is 2.85. The minimum absolute atomic E-state index is 0.0438. The molecule has 1 aromatic heterocycles. The molecule has 5 nitrogen and oxygen atoms in total. The third-order valence-electron chi connectivity index (χ3n) is 4.30. The monoisotopic (exact) mass is 434 g/mol. The number of halogens is 1. The van der Waals surface area contributed by atoms with E-state index in [0.717, 1.165) is 34.1 Å². The Hall–Kier alpha value is -1.60.